The van der Waals surface area contributed by atoms with Gasteiger partial charge in [-0.05, 0) is 61.7 Å². The first-order valence-corrected chi connectivity index (χ1v) is 10.2. The Bertz CT molecular complexity index is 1100. The lowest BCUT2D eigenvalue weighted by Crippen LogP contribution is -2.47. The third-order valence-corrected chi connectivity index (χ3v) is 5.52. The number of nitrogens with zero attached hydrogens (tertiary/aromatic N) is 2. The van der Waals surface area contributed by atoms with Crippen LogP contribution in [-0.2, 0) is 11.2 Å². The van der Waals surface area contributed by atoms with Gasteiger partial charge in [0.15, 0.2) is 0 Å². The minimum absolute atomic E-state index is 0.0225. The highest BCUT2D eigenvalue weighted by Gasteiger charge is 2.25. The smallest absolute Gasteiger partial charge is 0.254 e. The molecule has 1 aliphatic heterocycles. The van der Waals surface area contributed by atoms with Crippen LogP contribution in [0.2, 0.25) is 0 Å². The van der Waals surface area contributed by atoms with Crippen molar-refractivity contribution in [3.8, 4) is 11.5 Å². The Morgan fingerprint density at radius 1 is 1.27 bits per heavy atom. The van der Waals surface area contributed by atoms with Crippen LogP contribution in [0.1, 0.15) is 35.3 Å². The number of aryl methyl sites for hydroxylation is 2. The summed E-state index contributed by atoms with van der Waals surface area (Å²) >= 11 is 0. The summed E-state index contributed by atoms with van der Waals surface area (Å²) in [6.45, 7) is 7.43. The van der Waals surface area contributed by atoms with Gasteiger partial charge in [-0.3, -0.25) is 9.78 Å². The van der Waals surface area contributed by atoms with Crippen LogP contribution in [0.5, 0.6) is 11.5 Å². The molecule has 4 rings (SSSR count). The van der Waals surface area contributed by atoms with E-state index in [-0.39, 0.29) is 17.8 Å². The van der Waals surface area contributed by atoms with Crippen molar-refractivity contribution in [2.45, 2.75) is 33.2 Å². The van der Waals surface area contributed by atoms with Gasteiger partial charge in [-0.25, -0.2) is 4.39 Å². The second-order valence-corrected chi connectivity index (χ2v) is 7.63. The molecule has 1 fully saturated rings. The quantitative estimate of drug-likeness (QED) is 0.616. The normalized spacial score (nSPS) is 16.7. The molecule has 0 spiro atoms. The van der Waals surface area contributed by atoms with Gasteiger partial charge < -0.3 is 14.4 Å². The van der Waals surface area contributed by atoms with E-state index in [1.165, 1.54) is 6.07 Å². The fraction of sp³-hybridized carbons (Fsp3) is 0.333. The zero-order valence-corrected chi connectivity index (χ0v) is 17.4. The molecule has 5 nitrogen and oxygen atoms in total. The molecular weight excluding hydrogens is 383 g/mol. The van der Waals surface area contributed by atoms with Crippen LogP contribution in [0.3, 0.4) is 0 Å². The summed E-state index contributed by atoms with van der Waals surface area (Å²) < 4.78 is 25.8. The van der Waals surface area contributed by atoms with Gasteiger partial charge in [0.1, 0.15) is 17.3 Å². The Labute approximate surface area is 175 Å². The minimum atomic E-state index is -0.284. The molecule has 0 radical (unpaired) electrons. The average molecular weight is 408 g/mol. The fourth-order valence-electron chi connectivity index (χ4n) is 3.76. The summed E-state index contributed by atoms with van der Waals surface area (Å²) in [5.41, 5.74) is 2.79. The molecule has 156 valence electrons. The van der Waals surface area contributed by atoms with Gasteiger partial charge in [0.05, 0.1) is 24.8 Å². The molecule has 30 heavy (non-hydrogen) atoms. The zero-order chi connectivity index (χ0) is 21.3. The molecule has 2 aromatic carbocycles. The van der Waals surface area contributed by atoms with Gasteiger partial charge in [0, 0.05) is 29.8 Å². The number of pyridine rings is 1. The summed E-state index contributed by atoms with van der Waals surface area (Å²) in [4.78, 5) is 19.3. The second kappa shape index (κ2) is 8.40. The molecule has 2 heterocycles. The van der Waals surface area contributed by atoms with E-state index < -0.39 is 0 Å². The minimum Gasteiger partial charge on any atom is -0.456 e. The maximum atomic E-state index is 14.3. The van der Waals surface area contributed by atoms with Crippen molar-refractivity contribution in [3.05, 3.63) is 65.1 Å². The van der Waals surface area contributed by atoms with Crippen molar-refractivity contribution in [2.75, 3.05) is 19.8 Å². The molecule has 1 aliphatic rings. The van der Waals surface area contributed by atoms with E-state index in [2.05, 4.69) is 4.98 Å². The zero-order valence-electron chi connectivity index (χ0n) is 17.4. The maximum absolute atomic E-state index is 14.3. The number of halogens is 1. The molecule has 1 saturated heterocycles. The molecule has 0 N–H and O–H groups in total. The highest BCUT2D eigenvalue weighted by Crippen LogP contribution is 2.33. The van der Waals surface area contributed by atoms with Crippen LogP contribution in [0, 0.1) is 12.7 Å². The Hall–Kier alpha value is -2.99. The maximum Gasteiger partial charge on any atom is 0.254 e. The number of benzene rings is 2. The molecule has 6 heteroatoms. The Kier molecular flexibility index (Phi) is 5.68. The summed E-state index contributed by atoms with van der Waals surface area (Å²) in [5, 5.41) is 0.712. The van der Waals surface area contributed by atoms with E-state index in [1.54, 1.807) is 24.4 Å². The van der Waals surface area contributed by atoms with Crippen molar-refractivity contribution < 1.29 is 18.7 Å². The van der Waals surface area contributed by atoms with Crippen molar-refractivity contribution in [1.82, 2.24) is 9.88 Å². The van der Waals surface area contributed by atoms with E-state index in [9.17, 15) is 9.18 Å². The first-order chi connectivity index (χ1) is 14.5. The van der Waals surface area contributed by atoms with Gasteiger partial charge in [-0.1, -0.05) is 6.92 Å². The third-order valence-electron chi connectivity index (χ3n) is 5.52. The molecular formula is C24H25FN2O3. The molecule has 0 saturated carbocycles. The van der Waals surface area contributed by atoms with Gasteiger partial charge in [-0.2, -0.15) is 0 Å². The predicted octanol–water partition coefficient (Wildman–Crippen LogP) is 4.90. The number of amides is 1. The molecule has 0 aliphatic carbocycles. The summed E-state index contributed by atoms with van der Waals surface area (Å²) in [5.74, 6) is 0.665. The van der Waals surface area contributed by atoms with Crippen molar-refractivity contribution >= 4 is 16.8 Å². The van der Waals surface area contributed by atoms with Crippen LogP contribution in [0.15, 0.2) is 42.6 Å². The summed E-state index contributed by atoms with van der Waals surface area (Å²) in [7, 11) is 0. The van der Waals surface area contributed by atoms with E-state index in [0.29, 0.717) is 59.7 Å². The van der Waals surface area contributed by atoms with Crippen LogP contribution < -0.4 is 4.74 Å². The lowest BCUT2D eigenvalue weighted by molar-refractivity contribution is 0.00360. The summed E-state index contributed by atoms with van der Waals surface area (Å²) in [6, 6.07) is 10.4. The van der Waals surface area contributed by atoms with Crippen LogP contribution in [-0.4, -0.2) is 41.6 Å². The second-order valence-electron chi connectivity index (χ2n) is 7.63. The Balaban J connectivity index is 1.70. The molecule has 3 aromatic rings. The Morgan fingerprint density at radius 3 is 2.87 bits per heavy atom. The van der Waals surface area contributed by atoms with Crippen molar-refractivity contribution in [3.63, 3.8) is 0 Å². The topological polar surface area (TPSA) is 51.7 Å². The first kappa shape index (κ1) is 20.3. The SMILES string of the molecule is CCc1cc(C)c(Oc2ccnc3ccc(C(=O)N4CCOC[C@@H]4C)cc23)cc1F. The number of carbonyl (C=O) groups is 1. The number of fused-ring (bicyclic) bond motifs is 1. The van der Waals surface area contributed by atoms with E-state index in [0.717, 1.165) is 5.56 Å². The first-order valence-electron chi connectivity index (χ1n) is 10.2. The van der Waals surface area contributed by atoms with E-state index in [4.69, 9.17) is 9.47 Å². The predicted molar refractivity (Wildman–Crippen MR) is 114 cm³/mol. The lowest BCUT2D eigenvalue weighted by Gasteiger charge is -2.33. The monoisotopic (exact) mass is 408 g/mol. The number of aromatic nitrogens is 1. The molecule has 0 unspecified atom stereocenters. The number of rotatable bonds is 4. The highest BCUT2D eigenvalue weighted by molar-refractivity contribution is 5.99. The molecule has 1 aromatic heterocycles. The number of carbonyl (C=O) groups excluding carboxylic acids is 1. The number of ether oxygens (including phenoxy) is 2. The summed E-state index contributed by atoms with van der Waals surface area (Å²) in [6.07, 6.45) is 2.27. The van der Waals surface area contributed by atoms with Crippen LogP contribution in [0.4, 0.5) is 4.39 Å². The highest BCUT2D eigenvalue weighted by atomic mass is 19.1. The van der Waals surface area contributed by atoms with E-state index in [1.807, 2.05) is 37.8 Å². The number of hydrogen-bond donors (Lipinski definition) is 0. The van der Waals surface area contributed by atoms with Gasteiger partial charge >= 0.3 is 0 Å². The van der Waals surface area contributed by atoms with Crippen molar-refractivity contribution in [2.24, 2.45) is 0 Å². The van der Waals surface area contributed by atoms with Crippen molar-refractivity contribution in [1.29, 1.82) is 0 Å². The largest absolute Gasteiger partial charge is 0.456 e. The van der Waals surface area contributed by atoms with Gasteiger partial charge in [0.25, 0.3) is 5.91 Å². The van der Waals surface area contributed by atoms with E-state index >= 15 is 0 Å². The lowest BCUT2D eigenvalue weighted by atomic mass is 10.1. The Morgan fingerprint density at radius 2 is 2.10 bits per heavy atom. The standard InChI is InChI=1S/C24H25FN2O3/c1-4-17-11-15(2)23(13-20(17)25)30-22-7-8-26-21-6-5-18(12-19(21)22)24(28)27-9-10-29-14-16(27)3/h5-8,11-13,16H,4,9-10,14H2,1-3H3/t16-/m0/s1. The molecule has 1 amide bonds. The molecule has 0 bridgehead atoms. The fourth-order valence-corrected chi connectivity index (χ4v) is 3.76. The van der Waals surface area contributed by atoms with Gasteiger partial charge in [-0.15, -0.1) is 0 Å². The number of hydrogen-bond acceptors (Lipinski definition) is 4. The third kappa shape index (κ3) is 3.87. The molecule has 1 atom stereocenters. The van der Waals surface area contributed by atoms with Crippen LogP contribution >= 0.6 is 0 Å². The average Bonchev–Trinajstić information content (AvgIpc) is 2.76. The van der Waals surface area contributed by atoms with Gasteiger partial charge in [0.2, 0.25) is 0 Å². The number of morpholine rings is 1. The van der Waals surface area contributed by atoms with Crippen LogP contribution in [0.25, 0.3) is 10.9 Å².